The third kappa shape index (κ3) is 2.67. The topological polar surface area (TPSA) is 62.1 Å². The van der Waals surface area contributed by atoms with Gasteiger partial charge in [0.15, 0.2) is 0 Å². The van der Waals surface area contributed by atoms with Gasteiger partial charge in [0, 0.05) is 19.8 Å². The van der Waals surface area contributed by atoms with Gasteiger partial charge < -0.3 is 10.1 Å². The first kappa shape index (κ1) is 13.4. The Bertz CT molecular complexity index is 360. The molecule has 0 aromatic rings. The van der Waals surface area contributed by atoms with E-state index in [1.54, 1.807) is 0 Å². The van der Waals surface area contributed by atoms with E-state index < -0.39 is 5.41 Å². The van der Waals surface area contributed by atoms with Crippen molar-refractivity contribution in [1.82, 2.24) is 5.32 Å². The Hall–Kier alpha value is -1.08. The van der Waals surface area contributed by atoms with Gasteiger partial charge in [-0.25, -0.2) is 0 Å². The van der Waals surface area contributed by atoms with Gasteiger partial charge in [-0.1, -0.05) is 13.8 Å². The molecule has 2 fully saturated rings. The Kier molecular flexibility index (Phi) is 3.63. The smallest absolute Gasteiger partial charge is 0.240 e. The minimum atomic E-state index is -0.703. The highest BCUT2D eigenvalue weighted by Crippen LogP contribution is 2.45. The number of nitrogens with one attached hydrogen (secondary N) is 1. The van der Waals surface area contributed by atoms with Crippen LogP contribution in [0, 0.1) is 28.1 Å². The number of nitriles is 1. The number of ether oxygens (including phenoxy) is 1. The number of rotatable bonds is 4. The summed E-state index contributed by atoms with van der Waals surface area (Å²) in [6, 6.07) is 2.14. The van der Waals surface area contributed by atoms with Crippen LogP contribution in [0.5, 0.6) is 0 Å². The summed E-state index contributed by atoms with van der Waals surface area (Å²) in [5.74, 6) is 0.508. The van der Waals surface area contributed by atoms with Crippen molar-refractivity contribution >= 4 is 5.91 Å². The molecule has 0 radical (unpaired) electrons. The average molecular weight is 250 g/mol. The van der Waals surface area contributed by atoms with Gasteiger partial charge in [0.25, 0.3) is 0 Å². The molecule has 18 heavy (non-hydrogen) atoms. The quantitative estimate of drug-likeness (QED) is 0.828. The molecular weight excluding hydrogens is 228 g/mol. The second-order valence-electron chi connectivity index (χ2n) is 6.25. The number of carbonyl (C=O) groups is 1. The Balaban J connectivity index is 1.85. The molecule has 0 atom stereocenters. The highest BCUT2D eigenvalue weighted by molar-refractivity contribution is 5.88. The van der Waals surface area contributed by atoms with Crippen LogP contribution >= 0.6 is 0 Å². The van der Waals surface area contributed by atoms with Crippen LogP contribution in [0.3, 0.4) is 0 Å². The van der Waals surface area contributed by atoms with Crippen molar-refractivity contribution in [3.63, 3.8) is 0 Å². The van der Waals surface area contributed by atoms with Gasteiger partial charge in [-0.15, -0.1) is 0 Å². The van der Waals surface area contributed by atoms with Crippen molar-refractivity contribution in [3.8, 4) is 6.07 Å². The van der Waals surface area contributed by atoms with E-state index in [0.717, 1.165) is 26.1 Å². The fourth-order valence-electron chi connectivity index (χ4n) is 2.62. The Morgan fingerprint density at radius 2 is 2.06 bits per heavy atom. The lowest BCUT2D eigenvalue weighted by atomic mass is 9.74. The van der Waals surface area contributed by atoms with Crippen molar-refractivity contribution in [3.05, 3.63) is 0 Å². The van der Waals surface area contributed by atoms with Crippen LogP contribution < -0.4 is 5.32 Å². The predicted molar refractivity (Wildman–Crippen MR) is 67.6 cm³/mol. The second kappa shape index (κ2) is 4.89. The van der Waals surface area contributed by atoms with Gasteiger partial charge in [-0.05, 0) is 37.0 Å². The molecule has 2 rings (SSSR count). The lowest BCUT2D eigenvalue weighted by Crippen LogP contribution is -2.42. The number of hydrogen-bond donors (Lipinski definition) is 1. The molecule has 1 aliphatic heterocycles. The summed E-state index contributed by atoms with van der Waals surface area (Å²) < 4.78 is 5.37. The molecule has 0 unspecified atom stereocenters. The summed E-state index contributed by atoms with van der Waals surface area (Å²) in [4.78, 5) is 11.9. The minimum Gasteiger partial charge on any atom is -0.381 e. The zero-order valence-corrected chi connectivity index (χ0v) is 11.3. The molecule has 0 spiro atoms. The van der Waals surface area contributed by atoms with E-state index >= 15 is 0 Å². The van der Waals surface area contributed by atoms with Gasteiger partial charge in [-0.2, -0.15) is 5.26 Å². The third-order valence-electron chi connectivity index (χ3n) is 4.43. The zero-order chi connectivity index (χ0) is 13.2. The van der Waals surface area contributed by atoms with Gasteiger partial charge in [0.05, 0.1) is 6.07 Å². The van der Waals surface area contributed by atoms with Crippen LogP contribution in [0.2, 0.25) is 0 Å². The third-order valence-corrected chi connectivity index (χ3v) is 4.43. The van der Waals surface area contributed by atoms with Crippen LogP contribution in [-0.4, -0.2) is 25.7 Å². The maximum Gasteiger partial charge on any atom is 0.240 e. The van der Waals surface area contributed by atoms with Crippen molar-refractivity contribution in [2.75, 3.05) is 19.8 Å². The average Bonchev–Trinajstić information content (AvgIpc) is 3.18. The monoisotopic (exact) mass is 250 g/mol. The summed E-state index contributed by atoms with van der Waals surface area (Å²) in [6.07, 6.45) is 3.55. The van der Waals surface area contributed by atoms with Crippen molar-refractivity contribution < 1.29 is 9.53 Å². The van der Waals surface area contributed by atoms with Crippen LogP contribution in [0.15, 0.2) is 0 Å². The lowest BCUT2D eigenvalue weighted by molar-refractivity contribution is -0.125. The SMILES string of the molecule is CC(C)(CNC(=O)C1(C#N)CC1)C1CCOCC1. The first-order chi connectivity index (χ1) is 8.50. The highest BCUT2D eigenvalue weighted by atomic mass is 16.5. The molecule has 4 nitrogen and oxygen atoms in total. The van der Waals surface area contributed by atoms with Crippen LogP contribution in [0.1, 0.15) is 39.5 Å². The molecule has 4 heteroatoms. The molecule has 100 valence electrons. The Morgan fingerprint density at radius 1 is 1.44 bits per heavy atom. The van der Waals surface area contributed by atoms with Crippen LogP contribution in [0.25, 0.3) is 0 Å². The molecule has 0 aromatic heterocycles. The summed E-state index contributed by atoms with van der Waals surface area (Å²) in [5, 5.41) is 11.9. The number of nitrogens with zero attached hydrogens (tertiary/aromatic N) is 1. The van der Waals surface area contributed by atoms with E-state index in [4.69, 9.17) is 10.00 Å². The fourth-order valence-corrected chi connectivity index (χ4v) is 2.62. The molecular formula is C14H22N2O2. The van der Waals surface area contributed by atoms with Crippen LogP contribution in [0.4, 0.5) is 0 Å². The van der Waals surface area contributed by atoms with Crippen molar-refractivity contribution in [2.24, 2.45) is 16.7 Å². The predicted octanol–water partition coefficient (Wildman–Crippen LogP) is 1.86. The van der Waals surface area contributed by atoms with Crippen molar-refractivity contribution in [2.45, 2.75) is 39.5 Å². The van der Waals surface area contributed by atoms with Gasteiger partial charge >= 0.3 is 0 Å². The molecule has 0 aromatic carbocycles. The van der Waals surface area contributed by atoms with E-state index in [2.05, 4.69) is 25.2 Å². The molecule has 0 bridgehead atoms. The van der Waals surface area contributed by atoms with E-state index in [-0.39, 0.29) is 11.3 Å². The molecule has 1 aliphatic carbocycles. The maximum absolute atomic E-state index is 11.9. The highest BCUT2D eigenvalue weighted by Gasteiger charge is 2.50. The number of amides is 1. The molecule has 1 saturated carbocycles. The molecule has 2 aliphatic rings. The van der Waals surface area contributed by atoms with E-state index in [9.17, 15) is 4.79 Å². The molecule has 1 heterocycles. The summed E-state index contributed by atoms with van der Waals surface area (Å²) in [5.41, 5.74) is -0.628. The van der Waals surface area contributed by atoms with Gasteiger partial charge in [0.1, 0.15) is 5.41 Å². The van der Waals surface area contributed by atoms with Gasteiger partial charge in [-0.3, -0.25) is 4.79 Å². The van der Waals surface area contributed by atoms with E-state index in [1.165, 1.54) is 0 Å². The van der Waals surface area contributed by atoms with E-state index in [0.29, 0.717) is 25.3 Å². The number of carbonyl (C=O) groups excluding carboxylic acids is 1. The molecule has 1 amide bonds. The lowest BCUT2D eigenvalue weighted by Gasteiger charge is -2.37. The summed E-state index contributed by atoms with van der Waals surface area (Å²) in [7, 11) is 0. The molecule has 1 saturated heterocycles. The first-order valence-electron chi connectivity index (χ1n) is 6.77. The molecule has 1 N–H and O–H groups in total. The normalized spacial score (nSPS) is 23.2. The fraction of sp³-hybridized carbons (Fsp3) is 0.857. The Morgan fingerprint density at radius 3 is 2.56 bits per heavy atom. The zero-order valence-electron chi connectivity index (χ0n) is 11.3. The maximum atomic E-state index is 11.9. The first-order valence-corrected chi connectivity index (χ1v) is 6.77. The largest absolute Gasteiger partial charge is 0.381 e. The van der Waals surface area contributed by atoms with Crippen LogP contribution in [-0.2, 0) is 9.53 Å². The van der Waals surface area contributed by atoms with E-state index in [1.807, 2.05) is 0 Å². The summed E-state index contributed by atoms with van der Waals surface area (Å²) in [6.45, 7) is 6.68. The number of hydrogen-bond acceptors (Lipinski definition) is 3. The standard InChI is InChI=1S/C14H22N2O2/c1-13(2,11-3-7-18-8-4-11)10-16-12(17)14(9-15)5-6-14/h11H,3-8,10H2,1-2H3,(H,16,17). The second-order valence-corrected chi connectivity index (χ2v) is 6.25. The van der Waals surface area contributed by atoms with Gasteiger partial charge in [0.2, 0.25) is 5.91 Å². The summed E-state index contributed by atoms with van der Waals surface area (Å²) >= 11 is 0. The Labute approximate surface area is 109 Å². The van der Waals surface area contributed by atoms with Crippen molar-refractivity contribution in [1.29, 1.82) is 5.26 Å². The minimum absolute atomic E-state index is 0.0744.